The fourth-order valence-corrected chi connectivity index (χ4v) is 3.68. The molecule has 0 bridgehead atoms. The molecular weight excluding hydrogens is 395 g/mol. The van der Waals surface area contributed by atoms with Crippen molar-refractivity contribution in [2.45, 2.75) is 4.90 Å². The van der Waals surface area contributed by atoms with Crippen molar-refractivity contribution >= 4 is 21.6 Å². The van der Waals surface area contributed by atoms with E-state index < -0.39 is 21.7 Å². The first kappa shape index (κ1) is 20.5. The van der Waals surface area contributed by atoms with Crippen molar-refractivity contribution in [2.75, 3.05) is 18.9 Å². The topological polar surface area (TPSA) is 75.7 Å². The van der Waals surface area contributed by atoms with Gasteiger partial charge in [-0.2, -0.15) is 4.31 Å². The summed E-state index contributed by atoms with van der Waals surface area (Å²) in [7, 11) is -2.40. The molecule has 0 aliphatic rings. The Morgan fingerprint density at radius 3 is 2.31 bits per heavy atom. The Kier molecular flexibility index (Phi) is 6.26. The van der Waals surface area contributed by atoms with E-state index in [0.29, 0.717) is 17.2 Å². The first-order valence-corrected chi connectivity index (χ1v) is 10.1. The van der Waals surface area contributed by atoms with Gasteiger partial charge in [0.1, 0.15) is 17.3 Å². The number of rotatable bonds is 7. The van der Waals surface area contributed by atoms with Crippen molar-refractivity contribution < 1.29 is 22.3 Å². The maximum absolute atomic E-state index is 13.2. The van der Waals surface area contributed by atoms with Crippen molar-refractivity contribution in [3.8, 4) is 11.5 Å². The summed E-state index contributed by atoms with van der Waals surface area (Å²) >= 11 is 0. The molecule has 0 heterocycles. The van der Waals surface area contributed by atoms with Gasteiger partial charge in [-0.1, -0.05) is 24.3 Å². The van der Waals surface area contributed by atoms with Crippen molar-refractivity contribution in [1.82, 2.24) is 4.31 Å². The maximum Gasteiger partial charge on any atom is 0.243 e. The number of hydrogen-bond acceptors (Lipinski definition) is 4. The second-order valence-corrected chi connectivity index (χ2v) is 8.25. The molecule has 1 N–H and O–H groups in total. The standard InChI is InChI=1S/C21H19FN2O4S/c1-24(29(26,27)20-8-3-2-4-9-20)15-21(25)23-17-10-12-18(13-11-17)28-19-7-5-6-16(22)14-19/h2-14H,15H2,1H3,(H,23,25). The molecule has 0 fully saturated rings. The average molecular weight is 414 g/mol. The number of carbonyl (C=O) groups excluding carboxylic acids is 1. The van der Waals surface area contributed by atoms with Crippen LogP contribution in [0.2, 0.25) is 0 Å². The van der Waals surface area contributed by atoms with Gasteiger partial charge in [-0.15, -0.1) is 0 Å². The van der Waals surface area contributed by atoms with E-state index >= 15 is 0 Å². The summed E-state index contributed by atoms with van der Waals surface area (Å²) in [5.41, 5.74) is 0.479. The van der Waals surface area contributed by atoms with Gasteiger partial charge in [0.05, 0.1) is 11.4 Å². The highest BCUT2D eigenvalue weighted by atomic mass is 32.2. The van der Waals surface area contributed by atoms with E-state index in [1.54, 1.807) is 54.6 Å². The van der Waals surface area contributed by atoms with Crippen LogP contribution in [0, 0.1) is 5.82 Å². The molecule has 3 aromatic carbocycles. The van der Waals surface area contributed by atoms with Crippen LogP contribution < -0.4 is 10.1 Å². The molecule has 0 aliphatic carbocycles. The minimum atomic E-state index is -3.75. The summed E-state index contributed by atoms with van der Waals surface area (Å²) in [5.74, 6) is -0.0568. The number of halogens is 1. The summed E-state index contributed by atoms with van der Waals surface area (Å²) in [6.07, 6.45) is 0. The van der Waals surface area contributed by atoms with E-state index in [9.17, 15) is 17.6 Å². The highest BCUT2D eigenvalue weighted by Crippen LogP contribution is 2.23. The second-order valence-electron chi connectivity index (χ2n) is 6.21. The van der Waals surface area contributed by atoms with E-state index in [1.807, 2.05) is 0 Å². The Hall–Kier alpha value is -3.23. The van der Waals surface area contributed by atoms with Crippen LogP contribution in [0.1, 0.15) is 0 Å². The van der Waals surface area contributed by atoms with Crippen LogP contribution >= 0.6 is 0 Å². The highest BCUT2D eigenvalue weighted by Gasteiger charge is 2.22. The zero-order valence-corrected chi connectivity index (χ0v) is 16.4. The fourth-order valence-electron chi connectivity index (χ4n) is 2.53. The van der Waals surface area contributed by atoms with Gasteiger partial charge in [-0.25, -0.2) is 12.8 Å². The molecule has 29 heavy (non-hydrogen) atoms. The lowest BCUT2D eigenvalue weighted by Crippen LogP contribution is -2.34. The van der Waals surface area contributed by atoms with Gasteiger partial charge in [0.2, 0.25) is 15.9 Å². The van der Waals surface area contributed by atoms with Crippen LogP contribution in [0.4, 0.5) is 10.1 Å². The van der Waals surface area contributed by atoms with Crippen LogP contribution in [0.5, 0.6) is 11.5 Å². The van der Waals surface area contributed by atoms with Crippen molar-refractivity contribution in [3.63, 3.8) is 0 Å². The van der Waals surface area contributed by atoms with Gasteiger partial charge in [0.25, 0.3) is 0 Å². The van der Waals surface area contributed by atoms with Crippen molar-refractivity contribution in [1.29, 1.82) is 0 Å². The minimum absolute atomic E-state index is 0.120. The molecule has 0 atom stereocenters. The summed E-state index contributed by atoms with van der Waals surface area (Å²) in [6.45, 7) is -0.335. The predicted octanol–water partition coefficient (Wildman–Crippen LogP) is 3.88. The highest BCUT2D eigenvalue weighted by molar-refractivity contribution is 7.89. The van der Waals surface area contributed by atoms with Crippen LogP contribution in [0.25, 0.3) is 0 Å². The third kappa shape index (κ3) is 5.40. The lowest BCUT2D eigenvalue weighted by molar-refractivity contribution is -0.116. The molecule has 0 aromatic heterocycles. The smallest absolute Gasteiger partial charge is 0.243 e. The minimum Gasteiger partial charge on any atom is -0.457 e. The molecule has 0 aliphatic heterocycles. The number of ether oxygens (including phenoxy) is 1. The number of hydrogen-bond donors (Lipinski definition) is 1. The Bertz CT molecular complexity index is 1090. The summed E-state index contributed by atoms with van der Waals surface area (Å²) in [5, 5.41) is 2.64. The Labute approximate surface area is 168 Å². The van der Waals surface area contributed by atoms with E-state index in [4.69, 9.17) is 4.74 Å². The van der Waals surface area contributed by atoms with Crippen molar-refractivity contribution in [3.05, 3.63) is 84.7 Å². The molecule has 3 rings (SSSR count). The Morgan fingerprint density at radius 2 is 1.66 bits per heavy atom. The molecule has 0 saturated carbocycles. The summed E-state index contributed by atoms with van der Waals surface area (Å²) in [4.78, 5) is 12.3. The van der Waals surface area contributed by atoms with Gasteiger partial charge in [0.15, 0.2) is 0 Å². The number of sulfonamides is 1. The molecule has 1 amide bonds. The third-order valence-electron chi connectivity index (χ3n) is 3.99. The predicted molar refractivity (Wildman–Crippen MR) is 108 cm³/mol. The molecule has 8 heteroatoms. The first-order valence-electron chi connectivity index (χ1n) is 8.69. The first-order chi connectivity index (χ1) is 13.8. The summed E-state index contributed by atoms with van der Waals surface area (Å²) in [6, 6.07) is 20.1. The van der Waals surface area contributed by atoms with Crippen LogP contribution in [-0.2, 0) is 14.8 Å². The molecular formula is C21H19FN2O4S. The van der Waals surface area contributed by atoms with Crippen LogP contribution in [0.3, 0.4) is 0 Å². The summed E-state index contributed by atoms with van der Waals surface area (Å²) < 4.78 is 44.7. The normalized spacial score (nSPS) is 11.3. The van der Waals surface area contributed by atoms with E-state index in [-0.39, 0.29) is 11.4 Å². The van der Waals surface area contributed by atoms with Gasteiger partial charge in [0, 0.05) is 18.8 Å². The number of nitrogens with zero attached hydrogens (tertiary/aromatic N) is 1. The van der Waals surface area contributed by atoms with Gasteiger partial charge < -0.3 is 10.1 Å². The monoisotopic (exact) mass is 414 g/mol. The number of carbonyl (C=O) groups is 1. The van der Waals surface area contributed by atoms with Gasteiger partial charge in [-0.05, 0) is 48.5 Å². The Morgan fingerprint density at radius 1 is 0.966 bits per heavy atom. The molecule has 0 radical (unpaired) electrons. The number of likely N-dealkylation sites (N-methyl/N-ethyl adjacent to an activating group) is 1. The van der Waals surface area contributed by atoms with Gasteiger partial charge in [-0.3, -0.25) is 4.79 Å². The molecule has 3 aromatic rings. The van der Waals surface area contributed by atoms with Crippen molar-refractivity contribution in [2.24, 2.45) is 0 Å². The number of amides is 1. The third-order valence-corrected chi connectivity index (χ3v) is 5.81. The lowest BCUT2D eigenvalue weighted by atomic mass is 10.3. The number of benzene rings is 3. The average Bonchev–Trinajstić information content (AvgIpc) is 2.70. The van der Waals surface area contributed by atoms with Gasteiger partial charge >= 0.3 is 0 Å². The quantitative estimate of drug-likeness (QED) is 0.637. The zero-order valence-electron chi connectivity index (χ0n) is 15.6. The largest absolute Gasteiger partial charge is 0.457 e. The fraction of sp³-hybridized carbons (Fsp3) is 0.0952. The maximum atomic E-state index is 13.2. The van der Waals surface area contributed by atoms with Crippen LogP contribution in [0.15, 0.2) is 83.8 Å². The molecule has 6 nitrogen and oxygen atoms in total. The number of anilines is 1. The molecule has 0 unspecified atom stereocenters. The second kappa shape index (κ2) is 8.85. The molecule has 0 saturated heterocycles. The molecule has 0 spiro atoms. The number of nitrogens with one attached hydrogen (secondary N) is 1. The van der Waals surface area contributed by atoms with Crippen LogP contribution in [-0.4, -0.2) is 32.2 Å². The SMILES string of the molecule is CN(CC(=O)Nc1ccc(Oc2cccc(F)c2)cc1)S(=O)(=O)c1ccccc1. The lowest BCUT2D eigenvalue weighted by Gasteiger charge is -2.17. The van der Waals surface area contributed by atoms with E-state index in [2.05, 4.69) is 5.32 Å². The Balaban J connectivity index is 1.59. The van der Waals surface area contributed by atoms with E-state index in [1.165, 1.54) is 31.3 Å². The zero-order chi connectivity index (χ0) is 20.9. The van der Waals surface area contributed by atoms with E-state index in [0.717, 1.165) is 4.31 Å². The molecule has 150 valence electrons.